The highest BCUT2D eigenvalue weighted by Gasteiger charge is 2.37. The van der Waals surface area contributed by atoms with Crippen molar-refractivity contribution in [1.29, 1.82) is 0 Å². The van der Waals surface area contributed by atoms with Gasteiger partial charge >= 0.3 is 6.18 Å². The zero-order valence-electron chi connectivity index (χ0n) is 15.9. The van der Waals surface area contributed by atoms with Gasteiger partial charge in [-0.1, -0.05) is 17.2 Å². The molecule has 4 rings (SSSR count). The van der Waals surface area contributed by atoms with Crippen molar-refractivity contribution < 1.29 is 22.6 Å². The van der Waals surface area contributed by atoms with Crippen molar-refractivity contribution in [2.75, 3.05) is 6.54 Å². The number of amides is 1. The summed E-state index contributed by atoms with van der Waals surface area (Å²) >= 11 is 0. The van der Waals surface area contributed by atoms with E-state index in [1.807, 2.05) is 0 Å². The van der Waals surface area contributed by atoms with Crippen molar-refractivity contribution in [3.8, 4) is 0 Å². The number of carbonyl (C=O) groups excluding carboxylic acids is 1. The van der Waals surface area contributed by atoms with Gasteiger partial charge in [0.25, 0.3) is 0 Å². The molecule has 29 heavy (non-hydrogen) atoms. The fraction of sp³-hybridized carbons (Fsp3) is 0.500. The third-order valence-electron chi connectivity index (χ3n) is 5.13. The highest BCUT2D eigenvalue weighted by Crippen LogP contribution is 2.34. The molecular weight excluding hydrogens is 389 g/mol. The van der Waals surface area contributed by atoms with Gasteiger partial charge in [-0.3, -0.25) is 4.79 Å². The molecule has 0 aliphatic carbocycles. The molecule has 1 aliphatic heterocycles. The molecule has 0 spiro atoms. The SMILES string of the molecule is CCc1cc(C(F)(F)F)n2nc([C@@H]3CCCN3C(=O)Cc3nonc3C)cc2n1. The smallest absolute Gasteiger partial charge is 0.334 e. The van der Waals surface area contributed by atoms with Gasteiger partial charge in [-0.05, 0) is 32.3 Å². The molecule has 1 amide bonds. The van der Waals surface area contributed by atoms with Crippen molar-refractivity contribution in [3.05, 3.63) is 40.6 Å². The Morgan fingerprint density at radius 3 is 2.76 bits per heavy atom. The first kappa shape index (κ1) is 19.3. The van der Waals surface area contributed by atoms with Crippen LogP contribution in [-0.2, 0) is 23.8 Å². The summed E-state index contributed by atoms with van der Waals surface area (Å²) in [6, 6.07) is 2.14. The van der Waals surface area contributed by atoms with Crippen LogP contribution < -0.4 is 0 Å². The first-order valence-electron chi connectivity index (χ1n) is 9.32. The van der Waals surface area contributed by atoms with Crippen molar-refractivity contribution >= 4 is 11.6 Å². The normalized spacial score (nSPS) is 17.4. The second-order valence-electron chi connectivity index (χ2n) is 7.04. The molecule has 1 fully saturated rings. The number of nitrogens with zero attached hydrogens (tertiary/aromatic N) is 6. The minimum atomic E-state index is -4.56. The predicted molar refractivity (Wildman–Crippen MR) is 93.8 cm³/mol. The van der Waals surface area contributed by atoms with E-state index in [1.165, 1.54) is 6.07 Å². The average molecular weight is 408 g/mol. The Hall–Kier alpha value is -2.98. The van der Waals surface area contributed by atoms with Crippen LogP contribution in [0.15, 0.2) is 16.8 Å². The quantitative estimate of drug-likeness (QED) is 0.660. The zero-order valence-corrected chi connectivity index (χ0v) is 15.9. The topological polar surface area (TPSA) is 89.4 Å². The molecule has 0 N–H and O–H groups in total. The molecule has 0 bridgehead atoms. The third kappa shape index (κ3) is 3.56. The molecule has 0 saturated carbocycles. The number of hydrogen-bond donors (Lipinski definition) is 0. The monoisotopic (exact) mass is 408 g/mol. The molecule has 0 unspecified atom stereocenters. The van der Waals surface area contributed by atoms with Gasteiger partial charge in [0.05, 0.1) is 18.2 Å². The van der Waals surface area contributed by atoms with Crippen molar-refractivity contribution in [2.45, 2.75) is 51.7 Å². The Balaban J connectivity index is 1.68. The van der Waals surface area contributed by atoms with Crippen LogP contribution in [0.5, 0.6) is 0 Å². The van der Waals surface area contributed by atoms with Gasteiger partial charge in [0.2, 0.25) is 5.91 Å². The summed E-state index contributed by atoms with van der Waals surface area (Å²) < 4.78 is 45.9. The minimum absolute atomic E-state index is 0.0191. The Morgan fingerprint density at radius 1 is 1.31 bits per heavy atom. The Morgan fingerprint density at radius 2 is 2.10 bits per heavy atom. The Kier molecular flexibility index (Phi) is 4.75. The largest absolute Gasteiger partial charge is 0.433 e. The van der Waals surface area contributed by atoms with Crippen LogP contribution >= 0.6 is 0 Å². The van der Waals surface area contributed by atoms with Crippen LogP contribution in [0.2, 0.25) is 0 Å². The molecule has 0 aromatic carbocycles. The van der Waals surface area contributed by atoms with Crippen molar-refractivity contribution in [1.82, 2.24) is 29.8 Å². The van der Waals surface area contributed by atoms with Gasteiger partial charge in [-0.15, -0.1) is 0 Å². The van der Waals surface area contributed by atoms with Crippen molar-refractivity contribution in [3.63, 3.8) is 0 Å². The number of alkyl halides is 3. The second kappa shape index (κ2) is 7.12. The summed E-state index contributed by atoms with van der Waals surface area (Å²) in [5.74, 6) is -0.193. The van der Waals surface area contributed by atoms with E-state index in [0.29, 0.717) is 42.2 Å². The van der Waals surface area contributed by atoms with Crippen molar-refractivity contribution in [2.24, 2.45) is 0 Å². The number of fused-ring (bicyclic) bond motifs is 1. The molecule has 3 aromatic rings. The van der Waals surface area contributed by atoms with Gasteiger partial charge in [0.1, 0.15) is 17.1 Å². The van der Waals surface area contributed by atoms with Crippen LogP contribution in [0.25, 0.3) is 5.65 Å². The van der Waals surface area contributed by atoms with Gasteiger partial charge in [-0.2, -0.15) is 18.3 Å². The number of hydrogen-bond acceptors (Lipinski definition) is 6. The lowest BCUT2D eigenvalue weighted by molar-refractivity contribution is -0.142. The van der Waals surface area contributed by atoms with Gasteiger partial charge < -0.3 is 4.90 Å². The van der Waals surface area contributed by atoms with E-state index < -0.39 is 17.9 Å². The number of aromatic nitrogens is 5. The molecule has 1 aliphatic rings. The fourth-order valence-corrected chi connectivity index (χ4v) is 3.62. The van der Waals surface area contributed by atoms with E-state index in [1.54, 1.807) is 18.7 Å². The summed E-state index contributed by atoms with van der Waals surface area (Å²) in [5.41, 5.74) is 0.979. The lowest BCUT2D eigenvalue weighted by Crippen LogP contribution is -2.32. The van der Waals surface area contributed by atoms with Gasteiger partial charge in [-0.25, -0.2) is 14.1 Å². The summed E-state index contributed by atoms with van der Waals surface area (Å²) in [6.07, 6.45) is -2.81. The van der Waals surface area contributed by atoms with Crippen LogP contribution in [0.4, 0.5) is 13.2 Å². The molecule has 3 aromatic heterocycles. The Labute approximate surface area is 163 Å². The number of aryl methyl sites for hydroxylation is 2. The first-order valence-corrected chi connectivity index (χ1v) is 9.32. The zero-order chi connectivity index (χ0) is 20.8. The lowest BCUT2D eigenvalue weighted by Gasteiger charge is -2.23. The summed E-state index contributed by atoms with van der Waals surface area (Å²) in [7, 11) is 0. The van der Waals surface area contributed by atoms with E-state index in [9.17, 15) is 18.0 Å². The van der Waals surface area contributed by atoms with Crippen LogP contribution in [-0.4, -0.2) is 42.3 Å². The number of halogens is 3. The molecule has 4 heterocycles. The maximum atomic E-state index is 13.5. The van der Waals surface area contributed by atoms with Gasteiger partial charge in [0.15, 0.2) is 5.65 Å². The molecule has 11 heteroatoms. The van der Waals surface area contributed by atoms with E-state index in [4.69, 9.17) is 0 Å². The molecule has 1 atom stereocenters. The summed E-state index contributed by atoms with van der Waals surface area (Å²) in [4.78, 5) is 18.7. The lowest BCUT2D eigenvalue weighted by atomic mass is 10.1. The highest BCUT2D eigenvalue weighted by atomic mass is 19.4. The van der Waals surface area contributed by atoms with Crippen LogP contribution in [0.1, 0.15) is 54.3 Å². The maximum absolute atomic E-state index is 13.5. The summed E-state index contributed by atoms with van der Waals surface area (Å²) in [5, 5.41) is 11.6. The fourth-order valence-electron chi connectivity index (χ4n) is 3.62. The maximum Gasteiger partial charge on any atom is 0.433 e. The second-order valence-corrected chi connectivity index (χ2v) is 7.04. The molecular formula is C18H19F3N6O2. The molecule has 154 valence electrons. The van der Waals surface area contributed by atoms with Crippen LogP contribution in [0.3, 0.4) is 0 Å². The van der Waals surface area contributed by atoms with E-state index >= 15 is 0 Å². The number of likely N-dealkylation sites (tertiary alicyclic amines) is 1. The highest BCUT2D eigenvalue weighted by molar-refractivity contribution is 5.79. The summed E-state index contributed by atoms with van der Waals surface area (Å²) in [6.45, 7) is 3.94. The number of rotatable bonds is 4. The number of carbonyl (C=O) groups is 1. The van der Waals surface area contributed by atoms with E-state index in [-0.39, 0.29) is 18.0 Å². The average Bonchev–Trinajstić information content (AvgIpc) is 3.39. The molecule has 8 nitrogen and oxygen atoms in total. The Bertz CT molecular complexity index is 1060. The van der Waals surface area contributed by atoms with Gasteiger partial charge in [0, 0.05) is 18.3 Å². The van der Waals surface area contributed by atoms with E-state index in [2.05, 4.69) is 25.0 Å². The molecule has 0 radical (unpaired) electrons. The standard InChI is InChI=1S/C18H19F3N6O2/c1-3-11-7-15(18(19,20)21)27-16(22-11)8-13(23-27)14-5-4-6-26(14)17(28)9-12-10(2)24-29-25-12/h7-8,14H,3-6,9H2,1-2H3/t14-/m0/s1. The predicted octanol–water partition coefficient (Wildman–Crippen LogP) is 2.91. The van der Waals surface area contributed by atoms with E-state index in [0.717, 1.165) is 17.0 Å². The minimum Gasteiger partial charge on any atom is -0.334 e. The first-order chi connectivity index (χ1) is 13.8. The van der Waals surface area contributed by atoms with Crippen LogP contribution in [0, 0.1) is 6.92 Å². The molecule has 1 saturated heterocycles. The third-order valence-corrected chi connectivity index (χ3v) is 5.13.